The lowest BCUT2D eigenvalue weighted by Gasteiger charge is -2.12. The van der Waals surface area contributed by atoms with E-state index in [0.717, 1.165) is 22.3 Å². The number of benzene rings is 2. The van der Waals surface area contributed by atoms with Crippen molar-refractivity contribution >= 4 is 39.8 Å². The van der Waals surface area contributed by atoms with Crippen LogP contribution in [0, 0.1) is 13.8 Å². The number of anilines is 1. The molecule has 3 rings (SSSR count). The molecule has 3 aromatic rings. The van der Waals surface area contributed by atoms with Gasteiger partial charge in [-0.25, -0.2) is 0 Å². The minimum atomic E-state index is -0.567. The number of aryl methyl sites for hydroxylation is 2. The number of nitrogens with one attached hydrogen (secondary N) is 4. The van der Waals surface area contributed by atoms with Crippen molar-refractivity contribution in [2.75, 3.05) is 5.32 Å². The van der Waals surface area contributed by atoms with Crippen LogP contribution in [-0.4, -0.2) is 16.0 Å². The van der Waals surface area contributed by atoms with Crippen LogP contribution in [0.15, 0.2) is 53.5 Å². The van der Waals surface area contributed by atoms with Crippen LogP contribution in [-0.2, 0) is 0 Å². The lowest BCUT2D eigenvalue weighted by Crippen LogP contribution is -2.45. The van der Waals surface area contributed by atoms with Gasteiger partial charge in [-0.05, 0) is 49.8 Å². The maximum Gasteiger partial charge on any atom is 0.275 e. The smallest absolute Gasteiger partial charge is 0.275 e. The predicted octanol–water partition coefficient (Wildman–Crippen LogP) is 2.78. The second kappa shape index (κ2) is 7.37. The first-order valence-corrected chi connectivity index (χ1v) is 8.41. The number of aromatic nitrogens is 1. The summed E-state index contributed by atoms with van der Waals surface area (Å²) in [5.74, 6) is -0.567. The number of aromatic amines is 1. The number of carbonyl (C=O) groups is 1. The first kappa shape index (κ1) is 17.6. The summed E-state index contributed by atoms with van der Waals surface area (Å²) in [5.41, 5.74) is 8.30. The van der Waals surface area contributed by atoms with Crippen LogP contribution in [0.3, 0.4) is 0 Å². The van der Waals surface area contributed by atoms with Gasteiger partial charge >= 0.3 is 0 Å². The second-order valence-electron chi connectivity index (χ2n) is 5.93. The van der Waals surface area contributed by atoms with E-state index in [1.165, 1.54) is 6.20 Å². The van der Waals surface area contributed by atoms with Gasteiger partial charge in [0.05, 0.1) is 5.52 Å². The summed E-state index contributed by atoms with van der Waals surface area (Å²) in [5, 5.41) is 3.64. The highest BCUT2D eigenvalue weighted by molar-refractivity contribution is 7.80. The number of pyridine rings is 1. The lowest BCUT2D eigenvalue weighted by atomic mass is 10.1. The molecule has 0 aliphatic carbocycles. The molecule has 132 valence electrons. The van der Waals surface area contributed by atoms with Gasteiger partial charge in [-0.2, -0.15) is 0 Å². The Morgan fingerprint density at radius 2 is 1.77 bits per heavy atom. The summed E-state index contributed by atoms with van der Waals surface area (Å²) in [6, 6.07) is 13.0. The Kier molecular flexibility index (Phi) is 4.99. The molecule has 0 unspecified atom stereocenters. The van der Waals surface area contributed by atoms with Gasteiger partial charge in [-0.1, -0.05) is 29.8 Å². The van der Waals surface area contributed by atoms with Crippen molar-refractivity contribution < 1.29 is 4.79 Å². The van der Waals surface area contributed by atoms with Gasteiger partial charge in [-0.15, -0.1) is 0 Å². The fourth-order valence-corrected chi connectivity index (χ4v) is 2.72. The van der Waals surface area contributed by atoms with Crippen LogP contribution in [0.5, 0.6) is 0 Å². The van der Waals surface area contributed by atoms with Crippen molar-refractivity contribution in [2.24, 2.45) is 0 Å². The summed E-state index contributed by atoms with van der Waals surface area (Å²) in [7, 11) is 0. The van der Waals surface area contributed by atoms with Crippen molar-refractivity contribution in [2.45, 2.75) is 13.8 Å². The number of H-pyrrole nitrogens is 1. The molecule has 0 saturated heterocycles. The Labute approximate surface area is 155 Å². The summed E-state index contributed by atoms with van der Waals surface area (Å²) in [6.07, 6.45) is 1.41. The monoisotopic (exact) mass is 366 g/mol. The second-order valence-corrected chi connectivity index (χ2v) is 6.34. The molecule has 0 saturated carbocycles. The molecule has 0 fully saturated rings. The van der Waals surface area contributed by atoms with E-state index in [2.05, 4.69) is 21.2 Å². The fraction of sp³-hybridized carbons (Fsp3) is 0.105. The van der Waals surface area contributed by atoms with Crippen molar-refractivity contribution in [3.63, 3.8) is 0 Å². The van der Waals surface area contributed by atoms with E-state index in [9.17, 15) is 9.59 Å². The molecule has 2 aromatic carbocycles. The average molecular weight is 366 g/mol. The fourth-order valence-electron chi connectivity index (χ4n) is 2.55. The number of rotatable bonds is 2. The quantitative estimate of drug-likeness (QED) is 0.414. The molecule has 4 N–H and O–H groups in total. The van der Waals surface area contributed by atoms with Crippen LogP contribution in [0.25, 0.3) is 10.9 Å². The van der Waals surface area contributed by atoms with Gasteiger partial charge < -0.3 is 10.3 Å². The van der Waals surface area contributed by atoms with Crippen molar-refractivity contribution in [3.8, 4) is 0 Å². The standard InChI is InChI=1S/C19H18N4O2S/c1-11-6-8-13(9-7-11)21-19(26)23-22-18(25)15-10-20-16-12(2)4-3-5-14(16)17(15)24/h3-10H,1-2H3,(H,20,24)(H,22,25)(H2,21,23,26). The summed E-state index contributed by atoms with van der Waals surface area (Å²) in [6.45, 7) is 3.89. The zero-order valence-corrected chi connectivity index (χ0v) is 15.2. The van der Waals surface area contributed by atoms with Gasteiger partial charge in [0.15, 0.2) is 5.11 Å². The minimum Gasteiger partial charge on any atom is -0.360 e. The van der Waals surface area contributed by atoms with Crippen LogP contribution in [0.4, 0.5) is 5.69 Å². The predicted molar refractivity (Wildman–Crippen MR) is 107 cm³/mol. The maximum absolute atomic E-state index is 12.5. The van der Waals surface area contributed by atoms with E-state index in [4.69, 9.17) is 12.2 Å². The van der Waals surface area contributed by atoms with Crippen LogP contribution in [0.1, 0.15) is 21.5 Å². The zero-order chi connectivity index (χ0) is 18.7. The van der Waals surface area contributed by atoms with Crippen LogP contribution in [0.2, 0.25) is 0 Å². The molecule has 6 nitrogen and oxygen atoms in total. The van der Waals surface area contributed by atoms with E-state index < -0.39 is 5.91 Å². The Morgan fingerprint density at radius 1 is 1.04 bits per heavy atom. The van der Waals surface area contributed by atoms with Crippen molar-refractivity contribution in [3.05, 3.63) is 75.6 Å². The number of fused-ring (bicyclic) bond motifs is 1. The molecule has 26 heavy (non-hydrogen) atoms. The van der Waals surface area contributed by atoms with Crippen molar-refractivity contribution in [1.29, 1.82) is 0 Å². The molecular weight excluding hydrogens is 348 g/mol. The molecular formula is C19H18N4O2S. The summed E-state index contributed by atoms with van der Waals surface area (Å²) >= 11 is 5.14. The maximum atomic E-state index is 12.5. The molecule has 1 heterocycles. The van der Waals surface area contributed by atoms with E-state index in [0.29, 0.717) is 5.39 Å². The summed E-state index contributed by atoms with van der Waals surface area (Å²) in [4.78, 5) is 27.9. The van der Waals surface area contributed by atoms with Gasteiger partial charge in [0, 0.05) is 17.3 Å². The largest absolute Gasteiger partial charge is 0.360 e. The molecule has 0 bridgehead atoms. The molecule has 0 spiro atoms. The van der Waals surface area contributed by atoms with Crippen molar-refractivity contribution in [1.82, 2.24) is 15.8 Å². The Balaban J connectivity index is 1.69. The van der Waals surface area contributed by atoms with Crippen LogP contribution < -0.4 is 21.6 Å². The Bertz CT molecular complexity index is 1040. The van der Waals surface area contributed by atoms with E-state index in [1.807, 2.05) is 44.2 Å². The molecule has 1 amide bonds. The van der Waals surface area contributed by atoms with E-state index >= 15 is 0 Å². The SMILES string of the molecule is Cc1ccc(NC(=S)NNC(=O)c2c[nH]c3c(C)cccc3c2=O)cc1. The summed E-state index contributed by atoms with van der Waals surface area (Å²) < 4.78 is 0. The third-order valence-corrected chi connectivity index (χ3v) is 4.17. The number of hydrogen-bond acceptors (Lipinski definition) is 3. The number of para-hydroxylation sites is 1. The highest BCUT2D eigenvalue weighted by Gasteiger charge is 2.13. The highest BCUT2D eigenvalue weighted by Crippen LogP contribution is 2.12. The number of hydrogen-bond donors (Lipinski definition) is 4. The average Bonchev–Trinajstić information content (AvgIpc) is 2.63. The Morgan fingerprint density at radius 3 is 2.50 bits per heavy atom. The third-order valence-electron chi connectivity index (χ3n) is 3.97. The molecule has 0 radical (unpaired) electrons. The molecule has 0 atom stereocenters. The van der Waals surface area contributed by atoms with Crippen LogP contribution >= 0.6 is 12.2 Å². The van der Waals surface area contributed by atoms with Gasteiger partial charge in [-0.3, -0.25) is 20.4 Å². The van der Waals surface area contributed by atoms with Gasteiger partial charge in [0.25, 0.3) is 5.91 Å². The first-order valence-electron chi connectivity index (χ1n) is 8.01. The number of hydrazine groups is 1. The molecule has 0 aliphatic rings. The topological polar surface area (TPSA) is 86.0 Å². The van der Waals surface area contributed by atoms with Gasteiger partial charge in [0.1, 0.15) is 5.56 Å². The van der Waals surface area contributed by atoms with E-state index in [1.54, 1.807) is 12.1 Å². The highest BCUT2D eigenvalue weighted by atomic mass is 32.1. The third kappa shape index (κ3) is 3.73. The number of thiocarbonyl (C=S) groups is 1. The molecule has 7 heteroatoms. The Hall–Kier alpha value is -3.19. The number of carbonyl (C=O) groups excluding carboxylic acids is 1. The lowest BCUT2D eigenvalue weighted by molar-refractivity contribution is 0.0943. The minimum absolute atomic E-state index is 0.00809. The molecule has 0 aliphatic heterocycles. The molecule has 1 aromatic heterocycles. The number of amides is 1. The first-order chi connectivity index (χ1) is 12.5. The van der Waals surface area contributed by atoms with E-state index in [-0.39, 0.29) is 16.1 Å². The normalized spacial score (nSPS) is 10.4. The zero-order valence-electron chi connectivity index (χ0n) is 14.3. The van der Waals surface area contributed by atoms with Gasteiger partial charge in [0.2, 0.25) is 5.43 Å².